The van der Waals surface area contributed by atoms with Crippen molar-refractivity contribution in [3.05, 3.63) is 35.4 Å². The van der Waals surface area contributed by atoms with E-state index < -0.39 is 0 Å². The summed E-state index contributed by atoms with van der Waals surface area (Å²) in [6.07, 6.45) is 0. The second-order valence-corrected chi connectivity index (χ2v) is 4.86. The highest BCUT2D eigenvalue weighted by molar-refractivity contribution is 5.43. The summed E-state index contributed by atoms with van der Waals surface area (Å²) in [5.41, 5.74) is 7.35. The molecule has 108 valence electrons. The Morgan fingerprint density at radius 3 is 2.52 bits per heavy atom. The lowest BCUT2D eigenvalue weighted by atomic mass is 10.1. The number of nitrogen functional groups attached to an aromatic ring is 1. The van der Waals surface area contributed by atoms with Crippen molar-refractivity contribution in [2.75, 3.05) is 36.7 Å². The van der Waals surface area contributed by atoms with Crippen LogP contribution in [0.3, 0.4) is 0 Å². The molecule has 0 radical (unpaired) electrons. The minimum absolute atomic E-state index is 0.182. The van der Waals surface area contributed by atoms with Gasteiger partial charge < -0.3 is 15.5 Å². The van der Waals surface area contributed by atoms with Crippen molar-refractivity contribution in [3.8, 4) is 6.07 Å². The minimum Gasteiger partial charge on any atom is -0.368 e. The first-order valence-electron chi connectivity index (χ1n) is 6.38. The zero-order valence-electron chi connectivity index (χ0n) is 12.3. The first-order valence-corrected chi connectivity index (χ1v) is 6.38. The zero-order valence-corrected chi connectivity index (χ0v) is 12.3. The van der Waals surface area contributed by atoms with Gasteiger partial charge in [0.1, 0.15) is 0 Å². The number of nitrogens with two attached hydrogens (primary N) is 1. The van der Waals surface area contributed by atoms with Crippen LogP contribution < -0.4 is 15.5 Å². The van der Waals surface area contributed by atoms with Gasteiger partial charge in [-0.05, 0) is 17.7 Å². The predicted octanol–water partition coefficient (Wildman–Crippen LogP) is 1.03. The van der Waals surface area contributed by atoms with Crippen LogP contribution in [0.25, 0.3) is 0 Å². The van der Waals surface area contributed by atoms with Crippen LogP contribution in [0.4, 0.5) is 17.8 Å². The summed E-state index contributed by atoms with van der Waals surface area (Å²) < 4.78 is 0. The lowest BCUT2D eigenvalue weighted by Crippen LogP contribution is -2.22. The summed E-state index contributed by atoms with van der Waals surface area (Å²) in [7, 11) is 5.55. The van der Waals surface area contributed by atoms with Gasteiger partial charge in [-0.15, -0.1) is 0 Å². The highest BCUT2D eigenvalue weighted by Gasteiger charge is 2.11. The molecule has 0 fully saturated rings. The third kappa shape index (κ3) is 3.57. The van der Waals surface area contributed by atoms with Crippen LogP contribution in [-0.2, 0) is 6.54 Å². The average molecular weight is 283 g/mol. The number of hydrogen-bond acceptors (Lipinski definition) is 7. The minimum atomic E-state index is 0.182. The van der Waals surface area contributed by atoms with Gasteiger partial charge >= 0.3 is 0 Å². The van der Waals surface area contributed by atoms with E-state index in [0.29, 0.717) is 24.0 Å². The molecule has 2 aromatic rings. The summed E-state index contributed by atoms with van der Waals surface area (Å²) in [4.78, 5) is 16.2. The second kappa shape index (κ2) is 6.05. The molecule has 0 aliphatic heterocycles. The lowest BCUT2D eigenvalue weighted by molar-refractivity contribution is 0.846. The molecule has 0 saturated carbocycles. The Labute approximate surface area is 123 Å². The fourth-order valence-corrected chi connectivity index (χ4v) is 1.82. The van der Waals surface area contributed by atoms with E-state index in [1.165, 1.54) is 0 Å². The van der Waals surface area contributed by atoms with Crippen molar-refractivity contribution < 1.29 is 0 Å². The molecule has 0 bridgehead atoms. The van der Waals surface area contributed by atoms with Crippen LogP contribution in [0, 0.1) is 11.3 Å². The van der Waals surface area contributed by atoms with Gasteiger partial charge in [-0.25, -0.2) is 0 Å². The van der Waals surface area contributed by atoms with Gasteiger partial charge in [0.15, 0.2) is 0 Å². The number of benzene rings is 1. The Bertz CT molecular complexity index is 675. The molecule has 0 aliphatic rings. The van der Waals surface area contributed by atoms with Crippen LogP contribution in [-0.4, -0.2) is 36.1 Å². The zero-order chi connectivity index (χ0) is 15.4. The molecule has 7 nitrogen and oxygen atoms in total. The standard InChI is InChI=1S/C14H17N7/c1-20(2)13-17-12(16)18-14(19-13)21(3)9-11-6-4-5-10(7-11)8-15/h4-7H,9H2,1-3H3,(H2,16,17,18,19). The number of nitriles is 1. The maximum absolute atomic E-state index is 8.93. The number of anilines is 3. The van der Waals surface area contributed by atoms with E-state index in [9.17, 15) is 0 Å². The van der Waals surface area contributed by atoms with E-state index in [0.717, 1.165) is 5.56 Å². The maximum Gasteiger partial charge on any atom is 0.231 e. The van der Waals surface area contributed by atoms with Crippen molar-refractivity contribution in [1.29, 1.82) is 5.26 Å². The van der Waals surface area contributed by atoms with E-state index in [1.807, 2.05) is 44.2 Å². The first-order chi connectivity index (χ1) is 9.99. The Kier molecular flexibility index (Phi) is 4.18. The van der Waals surface area contributed by atoms with E-state index in [1.54, 1.807) is 11.0 Å². The van der Waals surface area contributed by atoms with Crippen molar-refractivity contribution in [2.45, 2.75) is 6.54 Å². The first kappa shape index (κ1) is 14.5. The number of nitrogens with zero attached hydrogens (tertiary/aromatic N) is 6. The molecule has 0 unspecified atom stereocenters. The SMILES string of the molecule is CN(C)c1nc(N)nc(N(C)Cc2cccc(C#N)c2)n1. The van der Waals surface area contributed by atoms with Crippen LogP contribution in [0.15, 0.2) is 24.3 Å². The molecule has 0 saturated heterocycles. The van der Waals surface area contributed by atoms with E-state index in [-0.39, 0.29) is 5.95 Å². The highest BCUT2D eigenvalue weighted by Crippen LogP contribution is 2.15. The van der Waals surface area contributed by atoms with Crippen molar-refractivity contribution >= 4 is 17.8 Å². The van der Waals surface area contributed by atoms with E-state index in [4.69, 9.17) is 11.0 Å². The smallest absolute Gasteiger partial charge is 0.231 e. The molecule has 21 heavy (non-hydrogen) atoms. The monoisotopic (exact) mass is 283 g/mol. The van der Waals surface area contributed by atoms with Gasteiger partial charge in [-0.3, -0.25) is 0 Å². The lowest BCUT2D eigenvalue weighted by Gasteiger charge is -2.19. The Hall–Kier alpha value is -2.88. The quantitative estimate of drug-likeness (QED) is 0.895. The molecular weight excluding hydrogens is 266 g/mol. The average Bonchev–Trinajstić information content (AvgIpc) is 2.46. The Morgan fingerprint density at radius 1 is 1.14 bits per heavy atom. The van der Waals surface area contributed by atoms with Crippen molar-refractivity contribution in [2.24, 2.45) is 0 Å². The highest BCUT2D eigenvalue weighted by atomic mass is 15.3. The number of rotatable bonds is 4. The summed E-state index contributed by atoms with van der Waals surface area (Å²) in [5.74, 6) is 1.19. The largest absolute Gasteiger partial charge is 0.368 e. The number of hydrogen-bond donors (Lipinski definition) is 1. The number of aromatic nitrogens is 3. The maximum atomic E-state index is 8.93. The molecule has 0 atom stereocenters. The molecule has 2 rings (SSSR count). The molecule has 1 aromatic carbocycles. The van der Waals surface area contributed by atoms with Gasteiger partial charge in [0, 0.05) is 27.7 Å². The topological polar surface area (TPSA) is 95.0 Å². The van der Waals surface area contributed by atoms with Gasteiger partial charge in [0.2, 0.25) is 17.8 Å². The fraction of sp³-hybridized carbons (Fsp3) is 0.286. The van der Waals surface area contributed by atoms with Crippen LogP contribution in [0.1, 0.15) is 11.1 Å². The van der Waals surface area contributed by atoms with E-state index >= 15 is 0 Å². The molecule has 0 aliphatic carbocycles. The molecule has 0 spiro atoms. The van der Waals surface area contributed by atoms with Crippen LogP contribution >= 0.6 is 0 Å². The summed E-state index contributed by atoms with van der Waals surface area (Å²) in [5, 5.41) is 8.93. The van der Waals surface area contributed by atoms with Gasteiger partial charge in [0.05, 0.1) is 11.6 Å². The van der Waals surface area contributed by atoms with Crippen LogP contribution in [0.5, 0.6) is 0 Å². The van der Waals surface area contributed by atoms with E-state index in [2.05, 4.69) is 21.0 Å². The van der Waals surface area contributed by atoms with Gasteiger partial charge in [-0.1, -0.05) is 12.1 Å². The van der Waals surface area contributed by atoms with Crippen molar-refractivity contribution in [3.63, 3.8) is 0 Å². The Balaban J connectivity index is 2.23. The molecular formula is C14H17N7. The summed E-state index contributed by atoms with van der Waals surface area (Å²) in [6, 6.07) is 9.55. The third-order valence-electron chi connectivity index (χ3n) is 2.85. The predicted molar refractivity (Wildman–Crippen MR) is 81.8 cm³/mol. The summed E-state index contributed by atoms with van der Waals surface area (Å²) >= 11 is 0. The molecule has 7 heteroatoms. The molecule has 1 heterocycles. The van der Waals surface area contributed by atoms with Crippen molar-refractivity contribution in [1.82, 2.24) is 15.0 Å². The normalized spacial score (nSPS) is 10.0. The van der Waals surface area contributed by atoms with Gasteiger partial charge in [0.25, 0.3) is 0 Å². The van der Waals surface area contributed by atoms with Gasteiger partial charge in [-0.2, -0.15) is 20.2 Å². The Morgan fingerprint density at radius 2 is 1.86 bits per heavy atom. The second-order valence-electron chi connectivity index (χ2n) is 4.86. The molecule has 2 N–H and O–H groups in total. The molecule has 1 aromatic heterocycles. The molecule has 0 amide bonds. The third-order valence-corrected chi connectivity index (χ3v) is 2.85. The van der Waals surface area contributed by atoms with Crippen LogP contribution in [0.2, 0.25) is 0 Å². The fourth-order valence-electron chi connectivity index (χ4n) is 1.82. The summed E-state index contributed by atoms with van der Waals surface area (Å²) in [6.45, 7) is 0.575.